The first-order valence-corrected chi connectivity index (χ1v) is 6.14. The summed E-state index contributed by atoms with van der Waals surface area (Å²) in [5.74, 6) is 0.883. The van der Waals surface area contributed by atoms with Gasteiger partial charge in [0.05, 0.1) is 18.4 Å². The van der Waals surface area contributed by atoms with E-state index in [-0.39, 0.29) is 0 Å². The summed E-state index contributed by atoms with van der Waals surface area (Å²) in [4.78, 5) is 18.1. The molecule has 0 radical (unpaired) electrons. The second-order valence-electron chi connectivity index (χ2n) is 4.93. The average Bonchev–Trinajstić information content (AvgIpc) is 2.68. The molecule has 5 nitrogen and oxygen atoms in total. The molecule has 98 valence electrons. The first-order valence-electron chi connectivity index (χ1n) is 6.14. The Bertz CT molecular complexity index is 462. The van der Waals surface area contributed by atoms with Gasteiger partial charge in [-0.1, -0.05) is 6.92 Å². The van der Waals surface area contributed by atoms with Gasteiger partial charge in [-0.05, 0) is 25.3 Å². The highest BCUT2D eigenvalue weighted by molar-refractivity contribution is 5.97. The quantitative estimate of drug-likeness (QED) is 0.808. The molecule has 0 spiro atoms. The van der Waals surface area contributed by atoms with Crippen molar-refractivity contribution in [2.24, 2.45) is 5.92 Å². The lowest BCUT2D eigenvalue weighted by Gasteiger charge is -2.24. The number of esters is 1. The lowest BCUT2D eigenvalue weighted by molar-refractivity contribution is 0.0602. The van der Waals surface area contributed by atoms with Gasteiger partial charge in [-0.2, -0.15) is 0 Å². The highest BCUT2D eigenvalue weighted by Gasteiger charge is 2.29. The molecule has 0 amide bonds. The summed E-state index contributed by atoms with van der Waals surface area (Å²) in [6, 6.07) is 1.98. The van der Waals surface area contributed by atoms with E-state index in [2.05, 4.69) is 23.7 Å². The molecule has 0 aliphatic carbocycles. The Balaban J connectivity index is 2.37. The summed E-state index contributed by atoms with van der Waals surface area (Å²) in [6.07, 6.45) is 2.72. The zero-order valence-corrected chi connectivity index (χ0v) is 11.0. The molecule has 2 N–H and O–H groups in total. The molecule has 2 rings (SSSR count). The summed E-state index contributed by atoms with van der Waals surface area (Å²) >= 11 is 0. The van der Waals surface area contributed by atoms with Crippen molar-refractivity contribution in [2.45, 2.75) is 26.3 Å². The van der Waals surface area contributed by atoms with Gasteiger partial charge in [-0.25, -0.2) is 9.78 Å². The maximum Gasteiger partial charge on any atom is 0.340 e. The Morgan fingerprint density at radius 2 is 2.28 bits per heavy atom. The van der Waals surface area contributed by atoms with Crippen LogP contribution in [-0.4, -0.2) is 30.6 Å². The van der Waals surface area contributed by atoms with Crippen LogP contribution < -0.4 is 10.6 Å². The second kappa shape index (κ2) is 4.84. The number of nitrogens with two attached hydrogens (primary N) is 1. The summed E-state index contributed by atoms with van der Waals surface area (Å²) in [5, 5.41) is 0. The van der Waals surface area contributed by atoms with Gasteiger partial charge in [0.15, 0.2) is 5.82 Å². The van der Waals surface area contributed by atoms with Crippen molar-refractivity contribution >= 4 is 17.5 Å². The Hall–Kier alpha value is -1.78. The van der Waals surface area contributed by atoms with Gasteiger partial charge in [0.1, 0.15) is 0 Å². The monoisotopic (exact) mass is 249 g/mol. The van der Waals surface area contributed by atoms with Crippen LogP contribution in [0.15, 0.2) is 12.3 Å². The third-order valence-electron chi connectivity index (χ3n) is 3.43. The van der Waals surface area contributed by atoms with Crippen LogP contribution in [0.4, 0.5) is 11.5 Å². The topological polar surface area (TPSA) is 68.5 Å². The molecule has 2 heterocycles. The molecule has 1 fully saturated rings. The third-order valence-corrected chi connectivity index (χ3v) is 3.43. The van der Waals surface area contributed by atoms with E-state index < -0.39 is 5.97 Å². The van der Waals surface area contributed by atoms with Crippen LogP contribution in [0.2, 0.25) is 0 Å². The van der Waals surface area contributed by atoms with E-state index in [4.69, 9.17) is 10.5 Å². The van der Waals surface area contributed by atoms with Gasteiger partial charge in [-0.15, -0.1) is 0 Å². The summed E-state index contributed by atoms with van der Waals surface area (Å²) in [5.41, 5.74) is 6.83. The van der Waals surface area contributed by atoms with Gasteiger partial charge in [0, 0.05) is 18.8 Å². The number of anilines is 2. The van der Waals surface area contributed by atoms with Crippen molar-refractivity contribution in [1.29, 1.82) is 0 Å². The van der Waals surface area contributed by atoms with Gasteiger partial charge in [0.2, 0.25) is 0 Å². The van der Waals surface area contributed by atoms with Gasteiger partial charge >= 0.3 is 5.97 Å². The Kier molecular flexibility index (Phi) is 3.41. The summed E-state index contributed by atoms with van der Waals surface area (Å²) < 4.78 is 4.72. The van der Waals surface area contributed by atoms with E-state index in [9.17, 15) is 4.79 Å². The molecule has 2 atom stereocenters. The van der Waals surface area contributed by atoms with E-state index in [0.29, 0.717) is 29.0 Å². The van der Waals surface area contributed by atoms with Crippen molar-refractivity contribution < 1.29 is 9.53 Å². The number of hydrogen-bond donors (Lipinski definition) is 1. The largest absolute Gasteiger partial charge is 0.465 e. The van der Waals surface area contributed by atoms with Crippen LogP contribution in [0.25, 0.3) is 0 Å². The molecule has 0 saturated carbocycles. The fraction of sp³-hybridized carbons (Fsp3) is 0.538. The number of hydrogen-bond acceptors (Lipinski definition) is 5. The van der Waals surface area contributed by atoms with Crippen molar-refractivity contribution in [3.63, 3.8) is 0 Å². The van der Waals surface area contributed by atoms with Crippen LogP contribution in [0.3, 0.4) is 0 Å². The zero-order chi connectivity index (χ0) is 13.3. The standard InChI is InChI=1S/C13H19N3O2/c1-8-6-9(2)16(7-8)12-11(14)10(4-5-15-12)13(17)18-3/h4-5,8-9H,6-7,14H2,1-3H3. The van der Waals surface area contributed by atoms with Crippen LogP contribution in [0, 0.1) is 5.92 Å². The Morgan fingerprint density at radius 3 is 2.83 bits per heavy atom. The predicted octanol–water partition coefficient (Wildman–Crippen LogP) is 1.69. The second-order valence-corrected chi connectivity index (χ2v) is 4.93. The number of aromatic nitrogens is 1. The molecule has 2 unspecified atom stereocenters. The number of rotatable bonds is 2. The van der Waals surface area contributed by atoms with E-state index in [1.54, 1.807) is 12.3 Å². The number of pyridine rings is 1. The molecule has 1 aromatic rings. The summed E-state index contributed by atoms with van der Waals surface area (Å²) in [7, 11) is 1.35. The van der Waals surface area contributed by atoms with Crippen LogP contribution in [0.1, 0.15) is 30.6 Å². The van der Waals surface area contributed by atoms with Crippen molar-refractivity contribution in [2.75, 3.05) is 24.3 Å². The van der Waals surface area contributed by atoms with Crippen molar-refractivity contribution in [3.05, 3.63) is 17.8 Å². The van der Waals surface area contributed by atoms with Gasteiger partial charge < -0.3 is 15.4 Å². The molecule has 1 saturated heterocycles. The van der Waals surface area contributed by atoms with Gasteiger partial charge in [-0.3, -0.25) is 0 Å². The average molecular weight is 249 g/mol. The van der Waals surface area contributed by atoms with Crippen molar-refractivity contribution in [3.8, 4) is 0 Å². The molecule has 5 heteroatoms. The van der Waals surface area contributed by atoms with Crippen molar-refractivity contribution in [1.82, 2.24) is 4.98 Å². The zero-order valence-electron chi connectivity index (χ0n) is 11.0. The number of carbonyl (C=O) groups excluding carboxylic acids is 1. The number of nitrogen functional groups attached to an aromatic ring is 1. The minimum absolute atomic E-state index is 0.384. The molecular formula is C13H19N3O2. The molecule has 0 bridgehead atoms. The fourth-order valence-corrected chi connectivity index (χ4v) is 2.57. The Labute approximate surface area is 107 Å². The maximum absolute atomic E-state index is 11.6. The fourth-order valence-electron chi connectivity index (χ4n) is 2.57. The van der Waals surface area contributed by atoms with E-state index in [1.807, 2.05) is 0 Å². The normalized spacial score (nSPS) is 23.2. The number of methoxy groups -OCH3 is 1. The number of ether oxygens (including phenoxy) is 1. The van der Waals surface area contributed by atoms with Crippen LogP contribution in [0.5, 0.6) is 0 Å². The highest BCUT2D eigenvalue weighted by Crippen LogP contribution is 2.32. The van der Waals surface area contributed by atoms with Gasteiger partial charge in [0.25, 0.3) is 0 Å². The van der Waals surface area contributed by atoms with E-state index in [1.165, 1.54) is 7.11 Å². The molecule has 18 heavy (non-hydrogen) atoms. The smallest absolute Gasteiger partial charge is 0.340 e. The lowest BCUT2D eigenvalue weighted by atomic mass is 10.1. The lowest BCUT2D eigenvalue weighted by Crippen LogP contribution is -2.29. The SMILES string of the molecule is COC(=O)c1ccnc(N2CC(C)CC2C)c1N. The molecule has 1 aliphatic rings. The molecule has 0 aromatic carbocycles. The maximum atomic E-state index is 11.6. The predicted molar refractivity (Wildman–Crippen MR) is 70.6 cm³/mol. The van der Waals surface area contributed by atoms with Crippen LogP contribution >= 0.6 is 0 Å². The summed E-state index contributed by atoms with van der Waals surface area (Å²) in [6.45, 7) is 5.27. The number of carbonyl (C=O) groups is 1. The molecular weight excluding hydrogens is 230 g/mol. The minimum Gasteiger partial charge on any atom is -0.465 e. The first kappa shape index (κ1) is 12.7. The molecule has 1 aromatic heterocycles. The minimum atomic E-state index is -0.420. The molecule has 1 aliphatic heterocycles. The number of nitrogens with zero attached hydrogens (tertiary/aromatic N) is 2. The third kappa shape index (κ3) is 2.12. The first-order chi connectivity index (χ1) is 8.54. The Morgan fingerprint density at radius 1 is 1.56 bits per heavy atom. The van der Waals surface area contributed by atoms with E-state index >= 15 is 0 Å². The highest BCUT2D eigenvalue weighted by atomic mass is 16.5. The van der Waals surface area contributed by atoms with E-state index in [0.717, 1.165) is 13.0 Å². The van der Waals surface area contributed by atoms with Crippen LogP contribution in [-0.2, 0) is 4.74 Å².